The second-order valence-electron chi connectivity index (χ2n) is 5.02. The lowest BCUT2D eigenvalue weighted by Crippen LogP contribution is -2.50. The van der Waals surface area contributed by atoms with Crippen LogP contribution in [-0.2, 0) is 4.79 Å². The summed E-state index contributed by atoms with van der Waals surface area (Å²) in [4.78, 5) is 24.9. The van der Waals surface area contributed by atoms with Gasteiger partial charge in [0.2, 0.25) is 11.9 Å². The van der Waals surface area contributed by atoms with Gasteiger partial charge in [0.25, 0.3) is 0 Å². The van der Waals surface area contributed by atoms with Crippen LogP contribution in [0.2, 0.25) is 0 Å². The zero-order valence-electron chi connectivity index (χ0n) is 12.0. The van der Waals surface area contributed by atoms with Crippen molar-refractivity contribution in [3.05, 3.63) is 36.9 Å². The molecule has 0 saturated carbocycles. The lowest BCUT2D eigenvalue weighted by Gasteiger charge is -2.35. The number of carbonyl (C=O) groups is 1. The van der Waals surface area contributed by atoms with Crippen LogP contribution in [-0.4, -0.2) is 56.7 Å². The molecule has 1 aliphatic rings. The lowest BCUT2D eigenvalue weighted by atomic mass is 10.2. The molecular formula is C14H18N6O. The molecule has 1 atom stereocenters. The first-order chi connectivity index (χ1) is 10.3. The van der Waals surface area contributed by atoms with Crippen LogP contribution in [0.15, 0.2) is 36.9 Å². The van der Waals surface area contributed by atoms with Crippen LogP contribution in [0.1, 0.15) is 13.0 Å². The van der Waals surface area contributed by atoms with E-state index >= 15 is 0 Å². The highest BCUT2D eigenvalue weighted by Crippen LogP contribution is 2.14. The fraction of sp³-hybridized carbons (Fsp3) is 0.429. The summed E-state index contributed by atoms with van der Waals surface area (Å²) in [7, 11) is 0. The molecule has 3 rings (SSSR count). The van der Waals surface area contributed by atoms with Crippen LogP contribution in [0.4, 0.5) is 5.95 Å². The van der Waals surface area contributed by atoms with Crippen LogP contribution < -0.4 is 4.90 Å². The molecule has 110 valence electrons. The van der Waals surface area contributed by atoms with Crippen molar-refractivity contribution in [3.8, 4) is 0 Å². The molecule has 0 aliphatic carbocycles. The SMILES string of the molecule is C[C@@H](C(=O)N1CCN(c2ncccn2)CC1)n1cccn1. The van der Waals surface area contributed by atoms with Crippen molar-refractivity contribution < 1.29 is 4.79 Å². The molecule has 0 spiro atoms. The van der Waals surface area contributed by atoms with Crippen LogP contribution in [0.5, 0.6) is 0 Å². The van der Waals surface area contributed by atoms with Crippen LogP contribution >= 0.6 is 0 Å². The molecule has 2 aromatic rings. The third kappa shape index (κ3) is 2.86. The standard InChI is InChI=1S/C14H18N6O/c1-12(20-7-3-6-17-20)13(21)18-8-10-19(11-9-18)14-15-4-2-5-16-14/h2-7,12H,8-11H2,1H3/t12-/m0/s1. The van der Waals surface area contributed by atoms with Gasteiger partial charge in [0.05, 0.1) is 0 Å². The predicted octanol–water partition coefficient (Wildman–Crippen LogP) is 0.583. The van der Waals surface area contributed by atoms with Gasteiger partial charge >= 0.3 is 0 Å². The number of nitrogens with zero attached hydrogens (tertiary/aromatic N) is 6. The van der Waals surface area contributed by atoms with E-state index in [0.717, 1.165) is 19.0 Å². The highest BCUT2D eigenvalue weighted by Gasteiger charge is 2.26. The van der Waals surface area contributed by atoms with Crippen molar-refractivity contribution in [1.82, 2.24) is 24.6 Å². The summed E-state index contributed by atoms with van der Waals surface area (Å²) in [6.45, 7) is 4.75. The summed E-state index contributed by atoms with van der Waals surface area (Å²) in [6, 6.07) is 3.36. The van der Waals surface area contributed by atoms with Crippen molar-refractivity contribution >= 4 is 11.9 Å². The summed E-state index contributed by atoms with van der Waals surface area (Å²) in [5.41, 5.74) is 0. The van der Waals surface area contributed by atoms with Crippen molar-refractivity contribution in [3.63, 3.8) is 0 Å². The Morgan fingerprint density at radius 2 is 1.81 bits per heavy atom. The maximum Gasteiger partial charge on any atom is 0.247 e. The Morgan fingerprint density at radius 1 is 1.10 bits per heavy atom. The Labute approximate surface area is 123 Å². The molecule has 0 bridgehead atoms. The first-order valence-electron chi connectivity index (χ1n) is 7.05. The number of aromatic nitrogens is 4. The molecule has 7 nitrogen and oxygen atoms in total. The quantitative estimate of drug-likeness (QED) is 0.826. The molecule has 1 saturated heterocycles. The molecule has 0 radical (unpaired) electrons. The minimum absolute atomic E-state index is 0.104. The number of hydrogen-bond donors (Lipinski definition) is 0. The molecule has 7 heteroatoms. The van der Waals surface area contributed by atoms with Gasteiger partial charge in [-0.2, -0.15) is 5.10 Å². The first kappa shape index (κ1) is 13.5. The fourth-order valence-electron chi connectivity index (χ4n) is 2.47. The minimum atomic E-state index is -0.264. The number of hydrogen-bond acceptors (Lipinski definition) is 5. The molecule has 0 unspecified atom stereocenters. The lowest BCUT2D eigenvalue weighted by molar-refractivity contribution is -0.134. The van der Waals surface area contributed by atoms with Gasteiger partial charge in [-0.15, -0.1) is 0 Å². The molecule has 1 amide bonds. The van der Waals surface area contributed by atoms with Crippen molar-refractivity contribution in [2.24, 2.45) is 0 Å². The minimum Gasteiger partial charge on any atom is -0.337 e. The molecule has 1 fully saturated rings. The number of piperazine rings is 1. The van der Waals surface area contributed by atoms with E-state index in [1.165, 1.54) is 0 Å². The monoisotopic (exact) mass is 286 g/mol. The Kier molecular flexibility index (Phi) is 3.81. The average Bonchev–Trinajstić information content (AvgIpc) is 3.09. The van der Waals surface area contributed by atoms with E-state index in [-0.39, 0.29) is 11.9 Å². The third-order valence-electron chi connectivity index (χ3n) is 3.71. The van der Waals surface area contributed by atoms with Gasteiger partial charge in [0, 0.05) is 51.0 Å². The predicted molar refractivity (Wildman–Crippen MR) is 77.8 cm³/mol. The Balaban J connectivity index is 1.59. The average molecular weight is 286 g/mol. The van der Waals surface area contributed by atoms with E-state index in [4.69, 9.17) is 0 Å². The normalized spacial score (nSPS) is 16.8. The van der Waals surface area contributed by atoms with E-state index < -0.39 is 0 Å². The van der Waals surface area contributed by atoms with Gasteiger partial charge in [0.15, 0.2) is 0 Å². The third-order valence-corrected chi connectivity index (χ3v) is 3.71. The topological polar surface area (TPSA) is 67.2 Å². The largest absolute Gasteiger partial charge is 0.337 e. The van der Waals surface area contributed by atoms with Gasteiger partial charge < -0.3 is 9.80 Å². The number of amides is 1. The maximum absolute atomic E-state index is 12.5. The van der Waals surface area contributed by atoms with E-state index in [1.54, 1.807) is 29.3 Å². The summed E-state index contributed by atoms with van der Waals surface area (Å²) in [6.07, 6.45) is 6.98. The highest BCUT2D eigenvalue weighted by molar-refractivity contribution is 5.80. The molecule has 2 aromatic heterocycles. The van der Waals surface area contributed by atoms with E-state index in [2.05, 4.69) is 20.0 Å². The van der Waals surface area contributed by atoms with E-state index in [9.17, 15) is 4.79 Å². The smallest absolute Gasteiger partial charge is 0.247 e. The Morgan fingerprint density at radius 3 is 2.43 bits per heavy atom. The maximum atomic E-state index is 12.5. The summed E-state index contributed by atoms with van der Waals surface area (Å²) in [5, 5.41) is 4.13. The zero-order valence-corrected chi connectivity index (χ0v) is 12.0. The molecule has 3 heterocycles. The van der Waals surface area contributed by atoms with Crippen LogP contribution in [0, 0.1) is 0 Å². The number of rotatable bonds is 3. The first-order valence-corrected chi connectivity index (χ1v) is 7.05. The Hall–Kier alpha value is -2.44. The highest BCUT2D eigenvalue weighted by atomic mass is 16.2. The second-order valence-corrected chi connectivity index (χ2v) is 5.02. The van der Waals surface area contributed by atoms with Crippen LogP contribution in [0.25, 0.3) is 0 Å². The van der Waals surface area contributed by atoms with Gasteiger partial charge in [-0.3, -0.25) is 9.48 Å². The van der Waals surface area contributed by atoms with Crippen molar-refractivity contribution in [1.29, 1.82) is 0 Å². The zero-order chi connectivity index (χ0) is 14.7. The second kappa shape index (κ2) is 5.90. The Bertz CT molecular complexity index is 577. The fourth-order valence-corrected chi connectivity index (χ4v) is 2.47. The molecule has 0 aromatic carbocycles. The van der Waals surface area contributed by atoms with Crippen molar-refractivity contribution in [2.45, 2.75) is 13.0 Å². The molecular weight excluding hydrogens is 268 g/mol. The van der Waals surface area contributed by atoms with E-state index in [1.807, 2.05) is 24.1 Å². The van der Waals surface area contributed by atoms with Crippen LogP contribution in [0.3, 0.4) is 0 Å². The number of anilines is 1. The van der Waals surface area contributed by atoms with E-state index in [0.29, 0.717) is 13.1 Å². The molecule has 1 aliphatic heterocycles. The van der Waals surface area contributed by atoms with Gasteiger partial charge in [-0.05, 0) is 19.1 Å². The molecule has 0 N–H and O–H groups in total. The van der Waals surface area contributed by atoms with Gasteiger partial charge in [0.1, 0.15) is 6.04 Å². The summed E-state index contributed by atoms with van der Waals surface area (Å²) >= 11 is 0. The van der Waals surface area contributed by atoms with Gasteiger partial charge in [-0.1, -0.05) is 0 Å². The summed E-state index contributed by atoms with van der Waals surface area (Å²) < 4.78 is 1.69. The number of carbonyl (C=O) groups excluding carboxylic acids is 1. The van der Waals surface area contributed by atoms with Gasteiger partial charge in [-0.25, -0.2) is 9.97 Å². The molecule has 21 heavy (non-hydrogen) atoms. The van der Waals surface area contributed by atoms with Crippen molar-refractivity contribution in [2.75, 3.05) is 31.1 Å². The summed E-state index contributed by atoms with van der Waals surface area (Å²) in [5.74, 6) is 0.831.